The van der Waals surface area contributed by atoms with Crippen LogP contribution in [0.15, 0.2) is 30.5 Å². The molecule has 0 saturated carbocycles. The molecular formula is C13H15N3OS. The van der Waals surface area contributed by atoms with Gasteiger partial charge in [0, 0.05) is 9.75 Å². The highest BCUT2D eigenvalue weighted by Gasteiger charge is 2.07. The number of nitrogens with one attached hydrogen (secondary N) is 1. The average molecular weight is 261 g/mol. The van der Waals surface area contributed by atoms with Crippen molar-refractivity contribution in [3.8, 4) is 0 Å². The number of thiophene rings is 1. The highest BCUT2D eigenvalue weighted by atomic mass is 32.1. The predicted molar refractivity (Wildman–Crippen MR) is 73.5 cm³/mol. The zero-order valence-corrected chi connectivity index (χ0v) is 11.0. The quantitative estimate of drug-likeness (QED) is 0.886. The number of nitrogen functional groups attached to an aromatic ring is 1. The number of rotatable bonds is 4. The molecule has 0 bridgehead atoms. The summed E-state index contributed by atoms with van der Waals surface area (Å²) in [5, 5.41) is 2.84. The number of carbonyl (C=O) groups is 1. The Hall–Kier alpha value is -1.88. The van der Waals surface area contributed by atoms with E-state index < -0.39 is 0 Å². The minimum Gasteiger partial charge on any atom is -0.397 e. The van der Waals surface area contributed by atoms with E-state index in [9.17, 15) is 4.79 Å². The summed E-state index contributed by atoms with van der Waals surface area (Å²) in [6, 6.07) is 7.42. The molecule has 1 amide bonds. The fourth-order valence-electron chi connectivity index (χ4n) is 1.50. The van der Waals surface area contributed by atoms with Gasteiger partial charge < -0.3 is 11.1 Å². The first-order valence-corrected chi connectivity index (χ1v) is 6.58. The van der Waals surface area contributed by atoms with Crippen molar-refractivity contribution in [2.45, 2.75) is 19.9 Å². The van der Waals surface area contributed by atoms with Gasteiger partial charge in [0.1, 0.15) is 5.69 Å². The van der Waals surface area contributed by atoms with Crippen LogP contribution in [0, 0.1) is 0 Å². The summed E-state index contributed by atoms with van der Waals surface area (Å²) in [5.74, 6) is -0.179. The third kappa shape index (κ3) is 3.07. The molecule has 2 aromatic heterocycles. The number of pyridine rings is 1. The second-order valence-corrected chi connectivity index (χ2v) is 5.13. The summed E-state index contributed by atoms with van der Waals surface area (Å²) in [4.78, 5) is 18.2. The van der Waals surface area contributed by atoms with Gasteiger partial charge in [-0.15, -0.1) is 11.3 Å². The van der Waals surface area contributed by atoms with Gasteiger partial charge in [-0.3, -0.25) is 4.79 Å². The van der Waals surface area contributed by atoms with Gasteiger partial charge in [0.05, 0.1) is 18.4 Å². The van der Waals surface area contributed by atoms with Gasteiger partial charge >= 0.3 is 0 Å². The van der Waals surface area contributed by atoms with Crippen LogP contribution in [0.2, 0.25) is 0 Å². The zero-order chi connectivity index (χ0) is 13.0. The molecule has 2 aromatic rings. The molecule has 0 fully saturated rings. The van der Waals surface area contributed by atoms with Crippen molar-refractivity contribution >= 4 is 22.9 Å². The van der Waals surface area contributed by atoms with Crippen LogP contribution in [-0.2, 0) is 13.0 Å². The molecule has 0 spiro atoms. The number of nitrogens with zero attached hydrogens (tertiary/aromatic N) is 1. The Kier molecular flexibility index (Phi) is 3.94. The van der Waals surface area contributed by atoms with Crippen LogP contribution in [0.1, 0.15) is 27.2 Å². The van der Waals surface area contributed by atoms with Gasteiger partial charge in [-0.1, -0.05) is 6.92 Å². The van der Waals surface area contributed by atoms with Crippen molar-refractivity contribution in [3.05, 3.63) is 45.9 Å². The van der Waals surface area contributed by atoms with E-state index in [4.69, 9.17) is 5.73 Å². The minimum absolute atomic E-state index is 0.179. The third-order valence-corrected chi connectivity index (χ3v) is 3.74. The van der Waals surface area contributed by atoms with Crippen LogP contribution >= 0.6 is 11.3 Å². The van der Waals surface area contributed by atoms with E-state index >= 15 is 0 Å². The van der Waals surface area contributed by atoms with Crippen LogP contribution in [0.5, 0.6) is 0 Å². The molecule has 4 nitrogen and oxygen atoms in total. The maximum atomic E-state index is 11.8. The standard InChI is InChI=1S/C13H15N3OS/c1-2-10-4-5-11(18-10)8-16-13(17)12-6-3-9(14)7-15-12/h3-7H,2,8,14H2,1H3,(H,16,17). The second kappa shape index (κ2) is 5.64. The summed E-state index contributed by atoms with van der Waals surface area (Å²) in [5.41, 5.74) is 6.46. The van der Waals surface area contributed by atoms with Crippen LogP contribution in [0.25, 0.3) is 0 Å². The first-order valence-electron chi connectivity index (χ1n) is 5.76. The highest BCUT2D eigenvalue weighted by molar-refractivity contribution is 7.11. The maximum absolute atomic E-state index is 11.8. The molecule has 0 unspecified atom stereocenters. The van der Waals surface area contributed by atoms with Gasteiger partial charge in [-0.25, -0.2) is 4.98 Å². The molecule has 3 N–H and O–H groups in total. The molecule has 94 valence electrons. The lowest BCUT2D eigenvalue weighted by molar-refractivity contribution is 0.0946. The number of carbonyl (C=O) groups excluding carboxylic acids is 1. The number of amides is 1. The number of aromatic nitrogens is 1. The first kappa shape index (κ1) is 12.6. The number of anilines is 1. The molecular weight excluding hydrogens is 246 g/mol. The molecule has 2 rings (SSSR count). The lowest BCUT2D eigenvalue weighted by Gasteiger charge is -2.03. The maximum Gasteiger partial charge on any atom is 0.270 e. The van der Waals surface area contributed by atoms with Crippen LogP contribution in [-0.4, -0.2) is 10.9 Å². The summed E-state index contributed by atoms with van der Waals surface area (Å²) >= 11 is 1.72. The van der Waals surface area contributed by atoms with E-state index in [0.29, 0.717) is 17.9 Å². The SMILES string of the molecule is CCc1ccc(CNC(=O)c2ccc(N)cn2)s1. The fourth-order valence-corrected chi connectivity index (χ4v) is 2.40. The normalized spacial score (nSPS) is 10.3. The summed E-state index contributed by atoms with van der Waals surface area (Å²) in [6.07, 6.45) is 2.51. The van der Waals surface area contributed by atoms with Crippen molar-refractivity contribution in [2.24, 2.45) is 0 Å². The van der Waals surface area contributed by atoms with E-state index in [-0.39, 0.29) is 5.91 Å². The van der Waals surface area contributed by atoms with Crippen LogP contribution in [0.3, 0.4) is 0 Å². The third-order valence-electron chi connectivity index (χ3n) is 2.51. The van der Waals surface area contributed by atoms with Crippen molar-refractivity contribution in [1.29, 1.82) is 0 Å². The summed E-state index contributed by atoms with van der Waals surface area (Å²) in [6.45, 7) is 2.65. The number of hydrogen-bond donors (Lipinski definition) is 2. The van der Waals surface area contributed by atoms with E-state index in [1.165, 1.54) is 11.1 Å². The monoisotopic (exact) mass is 261 g/mol. The second-order valence-electron chi connectivity index (χ2n) is 3.88. The van der Waals surface area contributed by atoms with Crippen molar-refractivity contribution in [1.82, 2.24) is 10.3 Å². The van der Waals surface area contributed by atoms with Gasteiger partial charge in [0.15, 0.2) is 0 Å². The minimum atomic E-state index is -0.179. The van der Waals surface area contributed by atoms with E-state index in [0.717, 1.165) is 11.3 Å². The molecule has 0 aliphatic heterocycles. The molecule has 0 aromatic carbocycles. The predicted octanol–water partition coefficient (Wildman–Crippen LogP) is 2.22. The van der Waals surface area contributed by atoms with E-state index in [1.54, 1.807) is 23.5 Å². The largest absolute Gasteiger partial charge is 0.397 e. The Morgan fingerprint density at radius 3 is 2.72 bits per heavy atom. The van der Waals surface area contributed by atoms with Gasteiger partial charge in [-0.05, 0) is 30.7 Å². The summed E-state index contributed by atoms with van der Waals surface area (Å²) in [7, 11) is 0. The smallest absolute Gasteiger partial charge is 0.270 e. The molecule has 0 atom stereocenters. The molecule has 0 saturated heterocycles. The highest BCUT2D eigenvalue weighted by Crippen LogP contribution is 2.16. The zero-order valence-electron chi connectivity index (χ0n) is 10.1. The van der Waals surface area contributed by atoms with Crippen LogP contribution < -0.4 is 11.1 Å². The molecule has 0 radical (unpaired) electrons. The summed E-state index contributed by atoms with van der Waals surface area (Å²) < 4.78 is 0. The van der Waals surface area contributed by atoms with Crippen molar-refractivity contribution < 1.29 is 4.79 Å². The Morgan fingerprint density at radius 2 is 2.11 bits per heavy atom. The van der Waals surface area contributed by atoms with E-state index in [2.05, 4.69) is 23.3 Å². The van der Waals surface area contributed by atoms with E-state index in [1.807, 2.05) is 6.07 Å². The lowest BCUT2D eigenvalue weighted by Crippen LogP contribution is -2.23. The van der Waals surface area contributed by atoms with Gasteiger partial charge in [0.25, 0.3) is 5.91 Å². The Morgan fingerprint density at radius 1 is 1.33 bits per heavy atom. The molecule has 5 heteroatoms. The Balaban J connectivity index is 1.93. The van der Waals surface area contributed by atoms with Crippen LogP contribution in [0.4, 0.5) is 5.69 Å². The lowest BCUT2D eigenvalue weighted by atomic mass is 10.3. The number of nitrogens with two attached hydrogens (primary N) is 1. The molecule has 2 heterocycles. The molecule has 18 heavy (non-hydrogen) atoms. The fraction of sp³-hybridized carbons (Fsp3) is 0.231. The van der Waals surface area contributed by atoms with Gasteiger partial charge in [0.2, 0.25) is 0 Å². The number of hydrogen-bond acceptors (Lipinski definition) is 4. The average Bonchev–Trinajstić information content (AvgIpc) is 2.85. The molecule has 0 aliphatic carbocycles. The number of aryl methyl sites for hydroxylation is 1. The topological polar surface area (TPSA) is 68.0 Å². The Labute approximate surface area is 110 Å². The van der Waals surface area contributed by atoms with Gasteiger partial charge in [-0.2, -0.15) is 0 Å². The van der Waals surface area contributed by atoms with Crippen molar-refractivity contribution in [2.75, 3.05) is 5.73 Å². The Bertz CT molecular complexity index is 533. The van der Waals surface area contributed by atoms with Crippen molar-refractivity contribution in [3.63, 3.8) is 0 Å². The first-order chi connectivity index (χ1) is 8.69. The molecule has 0 aliphatic rings.